The molecule has 27 heavy (non-hydrogen) atoms. The summed E-state index contributed by atoms with van der Waals surface area (Å²) in [5.74, 6) is -0.542. The first kappa shape index (κ1) is 17.7. The summed E-state index contributed by atoms with van der Waals surface area (Å²) in [6.07, 6.45) is 0.415. The second-order valence-corrected chi connectivity index (χ2v) is 7.55. The van der Waals surface area contributed by atoms with Crippen molar-refractivity contribution in [2.24, 2.45) is 0 Å². The van der Waals surface area contributed by atoms with Crippen molar-refractivity contribution in [3.63, 3.8) is 0 Å². The molecule has 3 N–H and O–H groups in total. The maximum atomic E-state index is 13.2. The highest BCUT2D eigenvalue weighted by Crippen LogP contribution is 2.32. The van der Waals surface area contributed by atoms with E-state index in [0.29, 0.717) is 24.2 Å². The van der Waals surface area contributed by atoms with E-state index in [2.05, 4.69) is 16.0 Å². The predicted molar refractivity (Wildman–Crippen MR) is 104 cm³/mol. The van der Waals surface area contributed by atoms with E-state index in [-0.39, 0.29) is 30.3 Å². The van der Waals surface area contributed by atoms with Crippen molar-refractivity contribution in [3.05, 3.63) is 40.6 Å². The van der Waals surface area contributed by atoms with Gasteiger partial charge in [0.05, 0.1) is 17.8 Å². The summed E-state index contributed by atoms with van der Waals surface area (Å²) in [6, 6.07) is 6.72. The van der Waals surface area contributed by atoms with Crippen LogP contribution in [0, 0.1) is 0 Å². The van der Waals surface area contributed by atoms with Gasteiger partial charge in [0, 0.05) is 12.6 Å². The van der Waals surface area contributed by atoms with Crippen LogP contribution in [0.15, 0.2) is 35.0 Å². The molecule has 8 heteroatoms. The Morgan fingerprint density at radius 1 is 1.30 bits per heavy atom. The molecule has 1 saturated heterocycles. The minimum Gasteiger partial charge on any atom is -0.350 e. The molecule has 2 aromatic rings. The molecule has 3 heterocycles. The van der Waals surface area contributed by atoms with Crippen LogP contribution in [0.1, 0.15) is 16.8 Å². The van der Waals surface area contributed by atoms with Crippen molar-refractivity contribution in [2.75, 3.05) is 25.5 Å². The molecule has 0 bridgehead atoms. The molecule has 4 rings (SSSR count). The number of hydrogen-bond acceptors (Lipinski definition) is 5. The molecule has 3 amide bonds. The molecule has 7 nitrogen and oxygen atoms in total. The third-order valence-corrected chi connectivity index (χ3v) is 5.61. The van der Waals surface area contributed by atoms with Gasteiger partial charge in [0.15, 0.2) is 0 Å². The predicted octanol–water partition coefficient (Wildman–Crippen LogP) is 1.29. The number of rotatable bonds is 4. The summed E-state index contributed by atoms with van der Waals surface area (Å²) in [5, 5.41) is 12.6. The van der Waals surface area contributed by atoms with Gasteiger partial charge in [-0.2, -0.15) is 11.3 Å². The molecule has 0 unspecified atom stereocenters. The number of thiophene rings is 1. The Balaban J connectivity index is 1.61. The van der Waals surface area contributed by atoms with E-state index in [0.717, 1.165) is 11.1 Å². The number of hydrogen-bond donors (Lipinski definition) is 3. The number of nitrogens with zero attached hydrogens (tertiary/aromatic N) is 1. The number of nitrogens with one attached hydrogen (secondary N) is 3. The average molecular weight is 384 g/mol. The third-order valence-electron chi connectivity index (χ3n) is 4.93. The third kappa shape index (κ3) is 3.33. The first-order valence-electron chi connectivity index (χ1n) is 8.79. The summed E-state index contributed by atoms with van der Waals surface area (Å²) < 4.78 is 0. The summed E-state index contributed by atoms with van der Waals surface area (Å²) in [7, 11) is 1.70. The van der Waals surface area contributed by atoms with Crippen LogP contribution in [-0.4, -0.2) is 54.8 Å². The molecule has 1 fully saturated rings. The van der Waals surface area contributed by atoms with Crippen LogP contribution in [0.3, 0.4) is 0 Å². The molecule has 0 spiro atoms. The minimum atomic E-state index is -0.575. The Morgan fingerprint density at radius 3 is 2.89 bits per heavy atom. The molecule has 1 aromatic heterocycles. The zero-order valence-electron chi connectivity index (χ0n) is 14.8. The highest BCUT2D eigenvalue weighted by atomic mass is 32.1. The Labute approximate surface area is 160 Å². The molecule has 0 saturated carbocycles. The largest absolute Gasteiger partial charge is 0.350 e. The fourth-order valence-corrected chi connectivity index (χ4v) is 4.33. The SMILES string of the molecule is CNCC(=O)N[C@@H]1C[C@@H]2C(=O)Nc3ccc(-c4ccsc4)cc3C(=O)N2C1. The van der Waals surface area contributed by atoms with Crippen molar-refractivity contribution >= 4 is 34.7 Å². The van der Waals surface area contributed by atoms with Crippen LogP contribution < -0.4 is 16.0 Å². The smallest absolute Gasteiger partial charge is 0.256 e. The molecule has 1 aromatic carbocycles. The minimum absolute atomic E-state index is 0.145. The first-order valence-corrected chi connectivity index (χ1v) is 9.73. The highest BCUT2D eigenvalue weighted by molar-refractivity contribution is 7.08. The van der Waals surface area contributed by atoms with Gasteiger partial charge < -0.3 is 20.9 Å². The lowest BCUT2D eigenvalue weighted by Crippen LogP contribution is -2.42. The van der Waals surface area contributed by atoms with E-state index in [1.54, 1.807) is 29.4 Å². The molecular weight excluding hydrogens is 364 g/mol. The van der Waals surface area contributed by atoms with Gasteiger partial charge in [-0.25, -0.2) is 0 Å². The van der Waals surface area contributed by atoms with Gasteiger partial charge in [0.25, 0.3) is 5.91 Å². The average Bonchev–Trinajstić information content (AvgIpc) is 3.30. The van der Waals surface area contributed by atoms with Crippen LogP contribution in [0.4, 0.5) is 5.69 Å². The van der Waals surface area contributed by atoms with E-state index in [9.17, 15) is 14.4 Å². The second-order valence-electron chi connectivity index (χ2n) is 6.77. The molecule has 0 aliphatic carbocycles. The van der Waals surface area contributed by atoms with Crippen LogP contribution in [0.25, 0.3) is 11.1 Å². The fourth-order valence-electron chi connectivity index (χ4n) is 3.66. The zero-order valence-corrected chi connectivity index (χ0v) is 15.6. The standard InChI is InChI=1S/C19H20N4O3S/c1-20-8-17(24)21-13-7-16-18(25)22-15-3-2-11(12-4-5-27-10-12)6-14(15)19(26)23(16)9-13/h2-6,10,13,16,20H,7-9H2,1H3,(H,21,24)(H,22,25)/t13-,16-/m1/s1. The summed E-state index contributed by atoms with van der Waals surface area (Å²) in [4.78, 5) is 39.2. The molecule has 0 radical (unpaired) electrons. The van der Waals surface area contributed by atoms with Crippen LogP contribution in [0.2, 0.25) is 0 Å². The summed E-state index contributed by atoms with van der Waals surface area (Å²) in [6.45, 7) is 0.530. The molecular formula is C19H20N4O3S. The Bertz CT molecular complexity index is 896. The van der Waals surface area contributed by atoms with Gasteiger partial charge >= 0.3 is 0 Å². The van der Waals surface area contributed by atoms with Gasteiger partial charge in [-0.3, -0.25) is 14.4 Å². The van der Waals surface area contributed by atoms with E-state index in [1.165, 1.54) is 0 Å². The molecule has 140 valence electrons. The van der Waals surface area contributed by atoms with Crippen LogP contribution in [0.5, 0.6) is 0 Å². The second kappa shape index (κ2) is 7.13. The number of amides is 3. The highest BCUT2D eigenvalue weighted by Gasteiger charge is 2.43. The van der Waals surface area contributed by atoms with Gasteiger partial charge in [0.2, 0.25) is 11.8 Å². The Morgan fingerprint density at radius 2 is 2.15 bits per heavy atom. The van der Waals surface area contributed by atoms with Crippen molar-refractivity contribution in [1.82, 2.24) is 15.5 Å². The molecule has 2 aliphatic heterocycles. The monoisotopic (exact) mass is 384 g/mol. The van der Waals surface area contributed by atoms with Crippen LogP contribution in [-0.2, 0) is 9.59 Å². The number of carbonyl (C=O) groups is 3. The van der Waals surface area contributed by atoms with Crippen molar-refractivity contribution in [1.29, 1.82) is 0 Å². The topological polar surface area (TPSA) is 90.5 Å². The van der Waals surface area contributed by atoms with Gasteiger partial charge in [0.1, 0.15) is 6.04 Å². The molecule has 2 atom stereocenters. The lowest BCUT2D eigenvalue weighted by molar-refractivity contribution is -0.121. The number of benzene rings is 1. The van der Waals surface area contributed by atoms with Crippen molar-refractivity contribution in [2.45, 2.75) is 18.5 Å². The number of anilines is 1. The van der Waals surface area contributed by atoms with E-state index in [1.807, 2.05) is 29.0 Å². The van der Waals surface area contributed by atoms with E-state index in [4.69, 9.17) is 0 Å². The first-order chi connectivity index (χ1) is 13.1. The van der Waals surface area contributed by atoms with Gasteiger partial charge in [-0.1, -0.05) is 6.07 Å². The summed E-state index contributed by atoms with van der Waals surface area (Å²) in [5.41, 5.74) is 3.00. The quantitative estimate of drug-likeness (QED) is 0.741. The lowest BCUT2D eigenvalue weighted by atomic mass is 10.0. The Kier molecular flexibility index (Phi) is 4.67. The van der Waals surface area contributed by atoms with Gasteiger partial charge in [-0.15, -0.1) is 0 Å². The van der Waals surface area contributed by atoms with Crippen molar-refractivity contribution in [3.8, 4) is 11.1 Å². The van der Waals surface area contributed by atoms with Crippen molar-refractivity contribution < 1.29 is 14.4 Å². The normalized spacial score (nSPS) is 21.3. The van der Waals surface area contributed by atoms with E-state index < -0.39 is 6.04 Å². The zero-order chi connectivity index (χ0) is 19.0. The number of likely N-dealkylation sites (N-methyl/N-ethyl adjacent to an activating group) is 1. The Hall–Kier alpha value is -2.71. The van der Waals surface area contributed by atoms with Gasteiger partial charge in [-0.05, 0) is 53.6 Å². The summed E-state index contributed by atoms with van der Waals surface area (Å²) >= 11 is 1.59. The number of carbonyl (C=O) groups excluding carboxylic acids is 3. The van der Waals surface area contributed by atoms with E-state index >= 15 is 0 Å². The lowest BCUT2D eigenvalue weighted by Gasteiger charge is -2.20. The fraction of sp³-hybridized carbons (Fsp3) is 0.316. The maximum absolute atomic E-state index is 13.2. The number of fused-ring (bicyclic) bond motifs is 2. The molecule has 2 aliphatic rings. The van der Waals surface area contributed by atoms with Crippen LogP contribution >= 0.6 is 11.3 Å². The maximum Gasteiger partial charge on any atom is 0.256 e.